The molecule has 3 aromatic heterocycles. The van der Waals surface area contributed by atoms with E-state index in [0.29, 0.717) is 5.69 Å². The first-order chi connectivity index (χ1) is 10.8. The van der Waals surface area contributed by atoms with Gasteiger partial charge in [0.2, 0.25) is 0 Å². The van der Waals surface area contributed by atoms with E-state index in [9.17, 15) is 18.0 Å². The standard InChI is InChI=1S/C11H6BrF3N6O2/c12-6-7(5-2-1-3-16-19-5)20-21-8(6)17-9(18-10(21)22)23-4-11(13,14)15/h1-3H,4H2,(H,17,18,22). The van der Waals surface area contributed by atoms with Gasteiger partial charge in [0.05, 0.1) is 4.47 Å². The molecule has 0 amide bonds. The summed E-state index contributed by atoms with van der Waals surface area (Å²) in [6.07, 6.45) is -3.09. The number of hydrogen-bond donors (Lipinski definition) is 1. The lowest BCUT2D eigenvalue weighted by Gasteiger charge is -2.07. The van der Waals surface area contributed by atoms with E-state index >= 15 is 0 Å². The van der Waals surface area contributed by atoms with Crippen LogP contribution < -0.4 is 10.4 Å². The third-order valence-electron chi connectivity index (χ3n) is 2.61. The second-order valence-electron chi connectivity index (χ2n) is 4.26. The molecule has 0 unspecified atom stereocenters. The average Bonchev–Trinajstić information content (AvgIpc) is 2.83. The Morgan fingerprint density at radius 2 is 2.17 bits per heavy atom. The van der Waals surface area contributed by atoms with Gasteiger partial charge >= 0.3 is 11.9 Å². The summed E-state index contributed by atoms with van der Waals surface area (Å²) in [6, 6.07) is 2.66. The van der Waals surface area contributed by atoms with Crippen molar-refractivity contribution >= 4 is 21.6 Å². The molecule has 8 nitrogen and oxygen atoms in total. The molecule has 0 saturated carbocycles. The Morgan fingerprint density at radius 1 is 1.39 bits per heavy atom. The van der Waals surface area contributed by atoms with Gasteiger partial charge in [-0.15, -0.1) is 5.10 Å². The highest BCUT2D eigenvalue weighted by atomic mass is 79.9. The number of ether oxygens (including phenoxy) is 1. The summed E-state index contributed by atoms with van der Waals surface area (Å²) in [5.74, 6) is 0. The number of halogens is 4. The molecule has 12 heteroatoms. The highest BCUT2D eigenvalue weighted by molar-refractivity contribution is 9.10. The number of aromatic amines is 1. The van der Waals surface area contributed by atoms with Crippen LogP contribution in [0.3, 0.4) is 0 Å². The van der Waals surface area contributed by atoms with Crippen LogP contribution in [0.1, 0.15) is 0 Å². The fourth-order valence-corrected chi connectivity index (χ4v) is 2.25. The van der Waals surface area contributed by atoms with Crippen molar-refractivity contribution in [3.05, 3.63) is 33.3 Å². The summed E-state index contributed by atoms with van der Waals surface area (Å²) in [5.41, 5.74) is -0.180. The van der Waals surface area contributed by atoms with Crippen LogP contribution in [0.4, 0.5) is 13.2 Å². The number of nitrogens with one attached hydrogen (secondary N) is 1. The van der Waals surface area contributed by atoms with Gasteiger partial charge in [0.15, 0.2) is 12.3 Å². The predicted molar refractivity (Wildman–Crippen MR) is 73.9 cm³/mol. The van der Waals surface area contributed by atoms with E-state index in [0.717, 1.165) is 4.52 Å². The third-order valence-corrected chi connectivity index (χ3v) is 3.34. The van der Waals surface area contributed by atoms with Gasteiger partial charge in [-0.3, -0.25) is 4.98 Å². The van der Waals surface area contributed by atoms with E-state index in [1.54, 1.807) is 12.1 Å². The average molecular weight is 391 g/mol. The Labute approximate surface area is 133 Å². The van der Waals surface area contributed by atoms with Gasteiger partial charge < -0.3 is 4.74 Å². The van der Waals surface area contributed by atoms with Crippen molar-refractivity contribution < 1.29 is 17.9 Å². The topological polar surface area (TPSA) is 98.1 Å². The monoisotopic (exact) mass is 390 g/mol. The molecule has 0 aromatic carbocycles. The summed E-state index contributed by atoms with van der Waals surface area (Å²) >= 11 is 3.20. The summed E-state index contributed by atoms with van der Waals surface area (Å²) in [4.78, 5) is 17.8. The maximum atomic E-state index is 12.2. The van der Waals surface area contributed by atoms with Crippen LogP contribution in [0.5, 0.6) is 6.01 Å². The minimum atomic E-state index is -4.55. The lowest BCUT2D eigenvalue weighted by molar-refractivity contribution is -0.154. The third kappa shape index (κ3) is 3.16. The van der Waals surface area contributed by atoms with Gasteiger partial charge in [0.1, 0.15) is 11.4 Å². The summed E-state index contributed by atoms with van der Waals surface area (Å²) < 4.78 is 42.1. The van der Waals surface area contributed by atoms with Crippen molar-refractivity contribution in [2.24, 2.45) is 0 Å². The largest absolute Gasteiger partial charge is 0.455 e. The van der Waals surface area contributed by atoms with Crippen molar-refractivity contribution in [1.82, 2.24) is 29.8 Å². The zero-order chi connectivity index (χ0) is 16.6. The highest BCUT2D eigenvalue weighted by Crippen LogP contribution is 2.28. The van der Waals surface area contributed by atoms with E-state index in [4.69, 9.17) is 0 Å². The molecule has 3 aromatic rings. The van der Waals surface area contributed by atoms with Crippen molar-refractivity contribution in [1.29, 1.82) is 0 Å². The van der Waals surface area contributed by atoms with E-state index in [2.05, 4.69) is 45.9 Å². The second kappa shape index (κ2) is 5.61. The number of aromatic nitrogens is 6. The van der Waals surface area contributed by atoms with Crippen LogP contribution in [-0.2, 0) is 0 Å². The van der Waals surface area contributed by atoms with E-state index in [1.165, 1.54) is 6.20 Å². The predicted octanol–water partition coefficient (Wildman–Crippen LogP) is 1.58. The Hall–Kier alpha value is -2.50. The molecule has 3 heterocycles. The van der Waals surface area contributed by atoms with Crippen molar-refractivity contribution in [2.75, 3.05) is 6.61 Å². The summed E-state index contributed by atoms with van der Waals surface area (Å²) in [5, 5.41) is 11.6. The SMILES string of the molecule is O=c1[nH]c(OCC(F)(F)F)nc2c(Br)c(-c3cccnn3)nn12. The Morgan fingerprint density at radius 3 is 2.83 bits per heavy atom. The first-order valence-corrected chi connectivity index (χ1v) is 6.80. The maximum absolute atomic E-state index is 12.2. The molecular weight excluding hydrogens is 385 g/mol. The van der Waals surface area contributed by atoms with Gasteiger partial charge in [-0.05, 0) is 28.1 Å². The van der Waals surface area contributed by atoms with E-state index < -0.39 is 24.5 Å². The number of hydrogen-bond acceptors (Lipinski definition) is 6. The first-order valence-electron chi connectivity index (χ1n) is 6.01. The zero-order valence-electron chi connectivity index (χ0n) is 11.0. The second-order valence-corrected chi connectivity index (χ2v) is 5.05. The van der Waals surface area contributed by atoms with Gasteiger partial charge in [-0.2, -0.15) is 32.9 Å². The van der Waals surface area contributed by atoms with Gasteiger partial charge in [-0.1, -0.05) is 0 Å². The molecule has 0 aliphatic heterocycles. The van der Waals surface area contributed by atoms with Crippen molar-refractivity contribution in [2.45, 2.75) is 6.18 Å². The molecular formula is C11H6BrF3N6O2. The molecule has 0 aliphatic rings. The minimum absolute atomic E-state index is 0.00780. The molecule has 23 heavy (non-hydrogen) atoms. The van der Waals surface area contributed by atoms with Crippen molar-refractivity contribution in [3.8, 4) is 17.4 Å². The molecule has 0 spiro atoms. The Bertz CT molecular complexity index is 908. The van der Waals surface area contributed by atoms with Crippen LogP contribution in [0.25, 0.3) is 17.0 Å². The number of rotatable bonds is 3. The molecule has 1 N–H and O–H groups in total. The van der Waals surface area contributed by atoms with Gasteiger partial charge in [0.25, 0.3) is 6.01 Å². The van der Waals surface area contributed by atoms with Crippen LogP contribution in [0.15, 0.2) is 27.6 Å². The number of nitrogens with zero attached hydrogens (tertiary/aromatic N) is 5. The summed E-state index contributed by atoms with van der Waals surface area (Å²) in [7, 11) is 0. The molecule has 120 valence electrons. The molecule has 3 rings (SSSR count). The fourth-order valence-electron chi connectivity index (χ4n) is 1.71. The minimum Gasteiger partial charge on any atom is -0.455 e. The highest BCUT2D eigenvalue weighted by Gasteiger charge is 2.29. The Balaban J connectivity index is 2.07. The zero-order valence-corrected chi connectivity index (χ0v) is 12.6. The lowest BCUT2D eigenvalue weighted by atomic mass is 10.3. The van der Waals surface area contributed by atoms with Gasteiger partial charge in [-0.25, -0.2) is 4.79 Å². The molecule has 0 radical (unpaired) electrons. The first kappa shape index (κ1) is 15.4. The van der Waals surface area contributed by atoms with E-state index in [-0.39, 0.29) is 15.8 Å². The number of fused-ring (bicyclic) bond motifs is 1. The molecule has 0 aliphatic carbocycles. The molecule has 0 fully saturated rings. The molecule has 0 atom stereocenters. The Kier molecular flexibility index (Phi) is 3.75. The molecule has 0 bridgehead atoms. The van der Waals surface area contributed by atoms with Crippen LogP contribution in [0, 0.1) is 0 Å². The van der Waals surface area contributed by atoms with Gasteiger partial charge in [0, 0.05) is 6.20 Å². The van der Waals surface area contributed by atoms with E-state index in [1.807, 2.05) is 0 Å². The number of alkyl halides is 3. The summed E-state index contributed by atoms with van der Waals surface area (Å²) in [6.45, 7) is -1.57. The van der Waals surface area contributed by atoms with Crippen LogP contribution >= 0.6 is 15.9 Å². The molecule has 0 saturated heterocycles. The van der Waals surface area contributed by atoms with Crippen LogP contribution in [-0.4, -0.2) is 42.6 Å². The maximum Gasteiger partial charge on any atom is 0.422 e. The quantitative estimate of drug-likeness (QED) is 0.728. The normalized spacial score (nSPS) is 11.8. The number of H-pyrrole nitrogens is 1. The van der Waals surface area contributed by atoms with Crippen LogP contribution in [0.2, 0.25) is 0 Å². The smallest absolute Gasteiger partial charge is 0.422 e. The lowest BCUT2D eigenvalue weighted by Crippen LogP contribution is -2.24. The van der Waals surface area contributed by atoms with Crippen molar-refractivity contribution in [3.63, 3.8) is 0 Å². The fraction of sp³-hybridized carbons (Fsp3) is 0.182.